The van der Waals surface area contributed by atoms with Crippen molar-refractivity contribution in [1.29, 1.82) is 0 Å². The Labute approximate surface area is 157 Å². The minimum absolute atomic E-state index is 0.299. The molecule has 2 aromatic rings. The van der Waals surface area contributed by atoms with Gasteiger partial charge in [-0.25, -0.2) is 0 Å². The van der Waals surface area contributed by atoms with Crippen molar-refractivity contribution in [3.05, 3.63) is 58.3 Å². The molecular formula is C19H24N2O4S. The standard InChI is InChI=1S/C19H24N2O4S/c1-13(14-7-4-3-5-8-14)21(2)19(25)17(23)16(22)18(24)20-11-10-15-9-6-12-26-15/h3-9,12-13,16-17,22-23H,10-11H2,1-2H3,(H,20,24)/t13-,16+,17+/m0/s1. The zero-order chi connectivity index (χ0) is 19.1. The highest BCUT2D eigenvalue weighted by atomic mass is 32.1. The second kappa shape index (κ2) is 9.47. The third-order valence-corrected chi connectivity index (χ3v) is 5.22. The average Bonchev–Trinajstić information content (AvgIpc) is 3.19. The molecule has 6 nitrogen and oxygen atoms in total. The number of aliphatic hydroxyl groups excluding tert-OH is 2. The van der Waals surface area contributed by atoms with Crippen LogP contribution in [0.2, 0.25) is 0 Å². The van der Waals surface area contributed by atoms with Crippen molar-refractivity contribution in [1.82, 2.24) is 10.2 Å². The Hall–Kier alpha value is -2.22. The quantitative estimate of drug-likeness (QED) is 0.649. The van der Waals surface area contributed by atoms with Gasteiger partial charge >= 0.3 is 0 Å². The first-order chi connectivity index (χ1) is 12.4. The number of amides is 2. The number of thiophene rings is 1. The molecular weight excluding hydrogens is 352 g/mol. The van der Waals surface area contributed by atoms with Crippen molar-refractivity contribution in [3.63, 3.8) is 0 Å². The Balaban J connectivity index is 1.87. The molecule has 1 heterocycles. The van der Waals surface area contributed by atoms with Crippen LogP contribution < -0.4 is 5.32 Å². The van der Waals surface area contributed by atoms with Crippen molar-refractivity contribution >= 4 is 23.2 Å². The molecule has 3 N–H and O–H groups in total. The molecule has 3 atom stereocenters. The first-order valence-corrected chi connectivity index (χ1v) is 9.27. The SMILES string of the molecule is C[C@@H](c1ccccc1)N(C)C(=O)[C@H](O)[C@@H](O)C(=O)NCCc1cccs1. The first-order valence-electron chi connectivity index (χ1n) is 8.39. The summed E-state index contributed by atoms with van der Waals surface area (Å²) in [5.41, 5.74) is 0.894. The van der Waals surface area contributed by atoms with Crippen LogP contribution in [0.1, 0.15) is 23.4 Å². The lowest BCUT2D eigenvalue weighted by atomic mass is 10.1. The summed E-state index contributed by atoms with van der Waals surface area (Å²) in [6.07, 6.45) is -2.99. The monoisotopic (exact) mass is 376 g/mol. The second-order valence-electron chi connectivity index (χ2n) is 6.05. The molecule has 0 radical (unpaired) electrons. The van der Waals surface area contributed by atoms with E-state index >= 15 is 0 Å². The van der Waals surface area contributed by atoms with Crippen LogP contribution in [-0.4, -0.2) is 52.7 Å². The molecule has 26 heavy (non-hydrogen) atoms. The maximum Gasteiger partial charge on any atom is 0.254 e. The van der Waals surface area contributed by atoms with Gasteiger partial charge in [0.15, 0.2) is 12.2 Å². The molecule has 1 aromatic carbocycles. The van der Waals surface area contributed by atoms with E-state index in [-0.39, 0.29) is 6.04 Å². The molecule has 0 fully saturated rings. The highest BCUT2D eigenvalue weighted by Crippen LogP contribution is 2.19. The fourth-order valence-electron chi connectivity index (χ4n) is 2.50. The van der Waals surface area contributed by atoms with Gasteiger partial charge < -0.3 is 20.4 Å². The van der Waals surface area contributed by atoms with E-state index in [0.29, 0.717) is 13.0 Å². The summed E-state index contributed by atoms with van der Waals surface area (Å²) in [5.74, 6) is -1.47. The maximum absolute atomic E-state index is 12.4. The van der Waals surface area contributed by atoms with Crippen LogP contribution in [0.5, 0.6) is 0 Å². The average molecular weight is 376 g/mol. The lowest BCUT2D eigenvalue weighted by molar-refractivity contribution is -0.153. The smallest absolute Gasteiger partial charge is 0.254 e. The van der Waals surface area contributed by atoms with Crippen LogP contribution in [0, 0.1) is 0 Å². The molecule has 0 unspecified atom stereocenters. The van der Waals surface area contributed by atoms with E-state index in [1.807, 2.05) is 54.8 Å². The number of rotatable bonds is 8. The Morgan fingerprint density at radius 2 is 1.81 bits per heavy atom. The molecule has 2 rings (SSSR count). The zero-order valence-electron chi connectivity index (χ0n) is 14.8. The molecule has 0 saturated carbocycles. The van der Waals surface area contributed by atoms with E-state index in [1.54, 1.807) is 11.3 Å². The fourth-order valence-corrected chi connectivity index (χ4v) is 3.21. The number of benzene rings is 1. The number of nitrogens with one attached hydrogen (secondary N) is 1. The largest absolute Gasteiger partial charge is 0.380 e. The predicted octanol–water partition coefficient (Wildman–Crippen LogP) is 1.35. The molecule has 0 spiro atoms. The Morgan fingerprint density at radius 3 is 2.42 bits per heavy atom. The third-order valence-electron chi connectivity index (χ3n) is 4.28. The number of carbonyl (C=O) groups excluding carboxylic acids is 2. The van der Waals surface area contributed by atoms with Crippen molar-refractivity contribution in [2.75, 3.05) is 13.6 Å². The maximum atomic E-state index is 12.4. The van der Waals surface area contributed by atoms with E-state index in [4.69, 9.17) is 0 Å². The molecule has 0 aliphatic heterocycles. The molecule has 1 aromatic heterocycles. The van der Waals surface area contributed by atoms with Crippen molar-refractivity contribution in [3.8, 4) is 0 Å². The number of aliphatic hydroxyl groups is 2. The van der Waals surface area contributed by atoms with Crippen LogP contribution in [0.15, 0.2) is 47.8 Å². The lowest BCUT2D eigenvalue weighted by Crippen LogP contribution is -2.50. The van der Waals surface area contributed by atoms with Gasteiger partial charge in [-0.1, -0.05) is 36.4 Å². The van der Waals surface area contributed by atoms with Gasteiger partial charge in [0.1, 0.15) is 0 Å². The van der Waals surface area contributed by atoms with Crippen LogP contribution >= 0.6 is 11.3 Å². The van der Waals surface area contributed by atoms with E-state index in [1.165, 1.54) is 11.9 Å². The molecule has 140 valence electrons. The molecule has 0 bridgehead atoms. The summed E-state index contributed by atoms with van der Waals surface area (Å²) in [6, 6.07) is 12.9. The number of hydrogen-bond donors (Lipinski definition) is 3. The minimum Gasteiger partial charge on any atom is -0.380 e. The number of likely N-dealkylation sites (N-methyl/N-ethyl adjacent to an activating group) is 1. The Bertz CT molecular complexity index is 706. The van der Waals surface area contributed by atoms with Gasteiger partial charge in [0.2, 0.25) is 0 Å². The number of hydrogen-bond acceptors (Lipinski definition) is 5. The summed E-state index contributed by atoms with van der Waals surface area (Å²) >= 11 is 1.58. The van der Waals surface area contributed by atoms with E-state index < -0.39 is 24.0 Å². The summed E-state index contributed by atoms with van der Waals surface area (Å²) in [6.45, 7) is 2.14. The molecule has 0 aliphatic carbocycles. The molecule has 2 amide bonds. The van der Waals surface area contributed by atoms with E-state index in [2.05, 4.69) is 5.32 Å². The van der Waals surface area contributed by atoms with E-state index in [0.717, 1.165) is 10.4 Å². The Kier molecular flexibility index (Phi) is 7.32. The van der Waals surface area contributed by atoms with Crippen molar-refractivity contribution in [2.24, 2.45) is 0 Å². The van der Waals surface area contributed by atoms with Crippen LogP contribution in [0.3, 0.4) is 0 Å². The van der Waals surface area contributed by atoms with Crippen molar-refractivity contribution in [2.45, 2.75) is 31.6 Å². The van der Waals surface area contributed by atoms with Gasteiger partial charge in [-0.2, -0.15) is 0 Å². The van der Waals surface area contributed by atoms with Gasteiger partial charge in [0, 0.05) is 18.5 Å². The highest BCUT2D eigenvalue weighted by Gasteiger charge is 2.33. The van der Waals surface area contributed by atoms with Gasteiger partial charge in [-0.15, -0.1) is 11.3 Å². The summed E-state index contributed by atoms with van der Waals surface area (Å²) < 4.78 is 0. The minimum atomic E-state index is -1.81. The van der Waals surface area contributed by atoms with E-state index in [9.17, 15) is 19.8 Å². The summed E-state index contributed by atoms with van der Waals surface area (Å²) in [7, 11) is 1.53. The summed E-state index contributed by atoms with van der Waals surface area (Å²) in [4.78, 5) is 26.8. The number of nitrogens with zero attached hydrogens (tertiary/aromatic N) is 1. The van der Waals surface area contributed by atoms with Crippen LogP contribution in [0.25, 0.3) is 0 Å². The third kappa shape index (κ3) is 5.14. The topological polar surface area (TPSA) is 89.9 Å². The Morgan fingerprint density at radius 1 is 1.12 bits per heavy atom. The molecule has 0 aliphatic rings. The fraction of sp³-hybridized carbons (Fsp3) is 0.368. The van der Waals surface area contributed by atoms with Crippen LogP contribution in [-0.2, 0) is 16.0 Å². The van der Waals surface area contributed by atoms with Crippen molar-refractivity contribution < 1.29 is 19.8 Å². The van der Waals surface area contributed by atoms with Gasteiger partial charge in [-0.3, -0.25) is 9.59 Å². The van der Waals surface area contributed by atoms with Gasteiger partial charge in [0.05, 0.1) is 6.04 Å². The molecule has 7 heteroatoms. The second-order valence-corrected chi connectivity index (χ2v) is 7.08. The highest BCUT2D eigenvalue weighted by molar-refractivity contribution is 7.09. The van der Waals surface area contributed by atoms with Gasteiger partial charge in [0.25, 0.3) is 11.8 Å². The zero-order valence-corrected chi connectivity index (χ0v) is 15.6. The molecule has 0 saturated heterocycles. The predicted molar refractivity (Wildman–Crippen MR) is 101 cm³/mol. The first kappa shape index (κ1) is 20.1. The number of carbonyl (C=O) groups is 2. The van der Waals surface area contributed by atoms with Crippen LogP contribution in [0.4, 0.5) is 0 Å². The summed E-state index contributed by atoms with van der Waals surface area (Å²) in [5, 5.41) is 24.6. The lowest BCUT2D eigenvalue weighted by Gasteiger charge is -2.28. The van der Waals surface area contributed by atoms with Gasteiger partial charge in [-0.05, 0) is 30.4 Å². The normalized spacial score (nSPS) is 14.3.